The first-order chi connectivity index (χ1) is 15.3. The normalized spacial score (nSPS) is 44.0. The highest BCUT2D eigenvalue weighted by Gasteiger charge is 2.73. The number of ether oxygens (including phenoxy) is 2. The van der Waals surface area contributed by atoms with Crippen LogP contribution in [-0.4, -0.2) is 42.1 Å². The van der Waals surface area contributed by atoms with E-state index >= 15 is 0 Å². The van der Waals surface area contributed by atoms with E-state index in [2.05, 4.69) is 0 Å². The van der Waals surface area contributed by atoms with Gasteiger partial charge in [-0.15, -0.1) is 0 Å². The van der Waals surface area contributed by atoms with Crippen molar-refractivity contribution in [3.8, 4) is 0 Å². The monoisotopic (exact) mass is 438 g/mol. The highest BCUT2D eigenvalue weighted by molar-refractivity contribution is 6.07. The smallest absolute Gasteiger partial charge is 0.338 e. The Hall–Kier alpha value is -2.47. The molecule has 0 spiro atoms. The number of allylic oxidation sites excluding steroid dienone is 2. The van der Waals surface area contributed by atoms with Gasteiger partial charge in [-0.1, -0.05) is 44.2 Å². The summed E-state index contributed by atoms with van der Waals surface area (Å²) >= 11 is 0. The minimum atomic E-state index is -1.39. The number of hydrogen-bond donors (Lipinski definition) is 1. The Bertz CT molecular complexity index is 970. The molecule has 170 valence electrons. The number of benzene rings is 1. The summed E-state index contributed by atoms with van der Waals surface area (Å²) in [5.74, 6) is -2.97. The van der Waals surface area contributed by atoms with Crippen molar-refractivity contribution < 1.29 is 29.0 Å². The van der Waals surface area contributed by atoms with Gasteiger partial charge in [0.1, 0.15) is 11.5 Å². The zero-order valence-corrected chi connectivity index (χ0v) is 18.6. The Morgan fingerprint density at radius 3 is 2.50 bits per heavy atom. The third-order valence-corrected chi connectivity index (χ3v) is 8.76. The number of methoxy groups -OCH3 is 1. The Labute approximate surface area is 188 Å². The number of rotatable bonds is 3. The van der Waals surface area contributed by atoms with E-state index in [4.69, 9.17) is 9.47 Å². The quantitative estimate of drug-likeness (QED) is 0.443. The van der Waals surface area contributed by atoms with Crippen LogP contribution in [0.2, 0.25) is 0 Å². The summed E-state index contributed by atoms with van der Waals surface area (Å²) in [6, 6.07) is 8.78. The summed E-state index contributed by atoms with van der Waals surface area (Å²) < 4.78 is 11.4. The average molecular weight is 439 g/mol. The maximum absolute atomic E-state index is 14.2. The van der Waals surface area contributed by atoms with E-state index in [1.807, 2.05) is 32.1 Å². The lowest BCUT2D eigenvalue weighted by Gasteiger charge is -2.56. The number of aliphatic hydroxyl groups excluding tert-OH is 1. The molecule has 1 aromatic rings. The third kappa shape index (κ3) is 2.71. The molecule has 4 aliphatic carbocycles. The lowest BCUT2D eigenvalue weighted by Crippen LogP contribution is -2.67. The molecular formula is C26H30O6. The van der Waals surface area contributed by atoms with Crippen molar-refractivity contribution >= 4 is 17.7 Å². The SMILES string of the molecule is COC(=O)[C@]12C(=O)C3C(C(OC(=O)c4ccccc4)[C@@H]1C(C)C=CC2C)[C@H]1C[C@@H]3C[C@@H]1O. The van der Waals surface area contributed by atoms with E-state index in [-0.39, 0.29) is 35.4 Å². The molecule has 0 aliphatic heterocycles. The Kier molecular flexibility index (Phi) is 5.04. The zero-order valence-electron chi connectivity index (χ0n) is 18.6. The fraction of sp³-hybridized carbons (Fsp3) is 0.577. The molecule has 0 radical (unpaired) electrons. The summed E-state index contributed by atoms with van der Waals surface area (Å²) in [4.78, 5) is 40.7. The molecule has 0 amide bonds. The molecule has 3 fully saturated rings. The van der Waals surface area contributed by atoms with Crippen LogP contribution in [0.5, 0.6) is 0 Å². The molecule has 6 nitrogen and oxygen atoms in total. The number of fused-ring (bicyclic) bond motifs is 6. The molecule has 0 aromatic heterocycles. The maximum atomic E-state index is 14.2. The predicted octanol–water partition coefficient (Wildman–Crippen LogP) is 3.05. The lowest BCUT2D eigenvalue weighted by atomic mass is 9.46. The second-order valence-electron chi connectivity index (χ2n) is 10.1. The number of carbonyl (C=O) groups excluding carboxylic acids is 3. The molecule has 5 rings (SSSR count). The summed E-state index contributed by atoms with van der Waals surface area (Å²) in [6.45, 7) is 3.84. The van der Waals surface area contributed by atoms with Crippen LogP contribution in [-0.2, 0) is 19.1 Å². The van der Waals surface area contributed by atoms with Gasteiger partial charge in [0.05, 0.1) is 18.8 Å². The first kappa shape index (κ1) is 21.4. The first-order valence-corrected chi connectivity index (χ1v) is 11.6. The van der Waals surface area contributed by atoms with Crippen LogP contribution in [0, 0.1) is 46.8 Å². The topological polar surface area (TPSA) is 89.9 Å². The molecule has 1 N–H and O–H groups in total. The molecule has 10 atom stereocenters. The highest BCUT2D eigenvalue weighted by atomic mass is 16.5. The molecule has 0 saturated heterocycles. The van der Waals surface area contributed by atoms with Crippen molar-refractivity contribution in [2.45, 2.75) is 38.9 Å². The van der Waals surface area contributed by atoms with Gasteiger partial charge >= 0.3 is 11.9 Å². The maximum Gasteiger partial charge on any atom is 0.338 e. The van der Waals surface area contributed by atoms with E-state index < -0.39 is 41.4 Å². The highest BCUT2D eigenvalue weighted by Crippen LogP contribution is 2.65. The number of Topliss-reactive ketones (excluding diaryl/α,β-unsaturated/α-hetero) is 1. The largest absolute Gasteiger partial charge is 0.468 e. The van der Waals surface area contributed by atoms with Crippen LogP contribution in [0.15, 0.2) is 42.5 Å². The molecule has 4 aliphatic rings. The predicted molar refractivity (Wildman–Crippen MR) is 115 cm³/mol. The van der Waals surface area contributed by atoms with Crippen molar-refractivity contribution in [2.24, 2.45) is 46.8 Å². The molecule has 2 bridgehead atoms. The minimum Gasteiger partial charge on any atom is -0.468 e. The summed E-state index contributed by atoms with van der Waals surface area (Å²) in [5, 5.41) is 10.7. The number of carbonyl (C=O) groups is 3. The molecule has 0 heterocycles. The van der Waals surface area contributed by atoms with Crippen LogP contribution in [0.3, 0.4) is 0 Å². The van der Waals surface area contributed by atoms with Gasteiger partial charge in [0, 0.05) is 17.8 Å². The Balaban J connectivity index is 1.65. The molecule has 3 saturated carbocycles. The third-order valence-electron chi connectivity index (χ3n) is 8.76. The number of ketones is 1. The minimum absolute atomic E-state index is 0.00122. The second kappa shape index (κ2) is 7.55. The fourth-order valence-electron chi connectivity index (χ4n) is 7.52. The fourth-order valence-corrected chi connectivity index (χ4v) is 7.52. The van der Waals surface area contributed by atoms with E-state index in [9.17, 15) is 19.5 Å². The van der Waals surface area contributed by atoms with Gasteiger partial charge in [-0.3, -0.25) is 9.59 Å². The van der Waals surface area contributed by atoms with Crippen LogP contribution in [0.4, 0.5) is 0 Å². The Morgan fingerprint density at radius 2 is 1.81 bits per heavy atom. The van der Waals surface area contributed by atoms with Gasteiger partial charge in [-0.05, 0) is 48.6 Å². The summed E-state index contributed by atoms with van der Waals surface area (Å²) in [7, 11) is 1.32. The standard InChI is InChI=1S/C26H30O6/c1-13-9-10-14(2)26(25(30)31-3)21(13)22(32-24(29)15-7-5-4-6-8-15)20-17-11-16(12-18(17)27)19(20)23(26)28/h4-10,13-14,16-22,27H,11-12H2,1-3H3/t13?,14?,16-,17+,18+,19?,20?,21+,22?,26+/m1/s1. The van der Waals surface area contributed by atoms with E-state index in [1.165, 1.54) is 7.11 Å². The second-order valence-corrected chi connectivity index (χ2v) is 10.1. The van der Waals surface area contributed by atoms with Gasteiger partial charge in [-0.2, -0.15) is 0 Å². The van der Waals surface area contributed by atoms with Crippen LogP contribution in [0.25, 0.3) is 0 Å². The molecular weight excluding hydrogens is 408 g/mol. The molecule has 32 heavy (non-hydrogen) atoms. The van der Waals surface area contributed by atoms with Crippen molar-refractivity contribution in [1.82, 2.24) is 0 Å². The van der Waals surface area contributed by atoms with E-state index in [0.29, 0.717) is 12.0 Å². The van der Waals surface area contributed by atoms with Gasteiger partial charge in [0.25, 0.3) is 0 Å². The number of esters is 2. The molecule has 5 unspecified atom stereocenters. The van der Waals surface area contributed by atoms with Crippen molar-refractivity contribution in [3.05, 3.63) is 48.0 Å². The van der Waals surface area contributed by atoms with Crippen LogP contribution in [0.1, 0.15) is 37.0 Å². The van der Waals surface area contributed by atoms with E-state index in [1.54, 1.807) is 24.3 Å². The zero-order chi connectivity index (χ0) is 22.8. The van der Waals surface area contributed by atoms with E-state index in [0.717, 1.165) is 6.42 Å². The van der Waals surface area contributed by atoms with Crippen molar-refractivity contribution in [3.63, 3.8) is 0 Å². The van der Waals surface area contributed by atoms with Crippen LogP contribution >= 0.6 is 0 Å². The van der Waals surface area contributed by atoms with Crippen LogP contribution < -0.4 is 0 Å². The number of aliphatic hydroxyl groups is 1. The van der Waals surface area contributed by atoms with Gasteiger partial charge < -0.3 is 14.6 Å². The van der Waals surface area contributed by atoms with Gasteiger partial charge in [-0.25, -0.2) is 4.79 Å². The van der Waals surface area contributed by atoms with Gasteiger partial charge in [0.15, 0.2) is 5.78 Å². The summed E-state index contributed by atoms with van der Waals surface area (Å²) in [6.07, 6.45) is 4.05. The van der Waals surface area contributed by atoms with Gasteiger partial charge in [0.2, 0.25) is 0 Å². The number of hydrogen-bond acceptors (Lipinski definition) is 6. The molecule has 6 heteroatoms. The van der Waals surface area contributed by atoms with Crippen molar-refractivity contribution in [1.29, 1.82) is 0 Å². The average Bonchev–Trinajstić information content (AvgIpc) is 3.36. The lowest BCUT2D eigenvalue weighted by molar-refractivity contribution is -0.193. The summed E-state index contributed by atoms with van der Waals surface area (Å²) in [5.41, 5.74) is -0.957. The Morgan fingerprint density at radius 1 is 1.09 bits per heavy atom. The first-order valence-electron chi connectivity index (χ1n) is 11.6. The molecule has 1 aromatic carbocycles. The van der Waals surface area contributed by atoms with Crippen molar-refractivity contribution in [2.75, 3.05) is 7.11 Å².